The first-order chi connectivity index (χ1) is 12.6. The van der Waals surface area contributed by atoms with E-state index in [0.29, 0.717) is 29.6 Å². The Labute approximate surface area is 154 Å². The number of thiazole rings is 1. The number of nitrogens with zero attached hydrogens (tertiary/aromatic N) is 4. The van der Waals surface area contributed by atoms with Crippen LogP contribution in [-0.2, 0) is 6.54 Å². The van der Waals surface area contributed by atoms with E-state index in [1.165, 1.54) is 11.3 Å². The first-order valence-corrected chi connectivity index (χ1v) is 8.85. The molecule has 132 valence electrons. The molecule has 0 spiro atoms. The maximum absolute atomic E-state index is 12.7. The van der Waals surface area contributed by atoms with Crippen LogP contribution in [-0.4, -0.2) is 35.1 Å². The van der Waals surface area contributed by atoms with Gasteiger partial charge in [0.2, 0.25) is 0 Å². The van der Waals surface area contributed by atoms with Crippen molar-refractivity contribution in [2.24, 2.45) is 0 Å². The number of hydrogen-bond donors (Lipinski definition) is 0. The number of carbonyl (C=O) groups is 1. The minimum atomic E-state index is -0.0621. The number of amides is 1. The molecule has 7 nitrogen and oxygen atoms in total. The smallest absolute Gasteiger partial charge is 0.262 e. The van der Waals surface area contributed by atoms with Crippen LogP contribution in [0.5, 0.6) is 11.6 Å². The maximum atomic E-state index is 12.7. The lowest BCUT2D eigenvalue weighted by Crippen LogP contribution is -2.23. The van der Waals surface area contributed by atoms with E-state index in [9.17, 15) is 4.79 Å². The lowest BCUT2D eigenvalue weighted by atomic mass is 10.1. The summed E-state index contributed by atoms with van der Waals surface area (Å²) in [6.45, 7) is 2.33. The molecular formula is C18H16N4O3S. The number of aromatic nitrogens is 3. The molecule has 4 rings (SSSR count). The van der Waals surface area contributed by atoms with Crippen molar-refractivity contribution in [2.45, 2.75) is 13.5 Å². The lowest BCUT2D eigenvalue weighted by Gasteiger charge is -2.10. The van der Waals surface area contributed by atoms with Gasteiger partial charge in [0.25, 0.3) is 11.8 Å². The summed E-state index contributed by atoms with van der Waals surface area (Å²) in [5, 5.41) is 1.86. The number of ether oxygens (including phenoxy) is 2. The highest BCUT2D eigenvalue weighted by molar-refractivity contribution is 7.07. The van der Waals surface area contributed by atoms with Gasteiger partial charge in [-0.25, -0.2) is 9.97 Å². The molecule has 0 atom stereocenters. The van der Waals surface area contributed by atoms with Gasteiger partial charge in [-0.15, -0.1) is 11.3 Å². The highest BCUT2D eigenvalue weighted by Gasteiger charge is 2.32. The van der Waals surface area contributed by atoms with Crippen LogP contribution in [0.25, 0.3) is 11.3 Å². The molecule has 1 aliphatic rings. The molecule has 0 unspecified atom stereocenters. The molecule has 3 aromatic rings. The number of fused-ring (bicyclic) bond motifs is 1. The van der Waals surface area contributed by atoms with Gasteiger partial charge in [0, 0.05) is 17.1 Å². The van der Waals surface area contributed by atoms with Crippen LogP contribution >= 0.6 is 11.3 Å². The van der Waals surface area contributed by atoms with Crippen molar-refractivity contribution in [2.75, 3.05) is 19.1 Å². The van der Waals surface area contributed by atoms with Crippen molar-refractivity contribution in [1.29, 1.82) is 0 Å². The molecule has 0 N–H and O–H groups in total. The Kier molecular flexibility index (Phi) is 4.04. The van der Waals surface area contributed by atoms with E-state index >= 15 is 0 Å². The van der Waals surface area contributed by atoms with Crippen LogP contribution < -0.4 is 14.4 Å². The van der Waals surface area contributed by atoms with Gasteiger partial charge in [0.15, 0.2) is 5.75 Å². The molecule has 26 heavy (non-hydrogen) atoms. The molecule has 3 aromatic heterocycles. The minimum Gasteiger partial charge on any atom is -0.491 e. The van der Waals surface area contributed by atoms with Crippen molar-refractivity contribution in [1.82, 2.24) is 15.0 Å². The average molecular weight is 368 g/mol. The number of methoxy groups -OCH3 is 2. The molecule has 4 heterocycles. The van der Waals surface area contributed by atoms with Gasteiger partial charge < -0.3 is 9.47 Å². The number of rotatable bonds is 4. The van der Waals surface area contributed by atoms with Crippen LogP contribution in [0.3, 0.4) is 0 Å². The van der Waals surface area contributed by atoms with Crippen molar-refractivity contribution >= 4 is 23.1 Å². The third-order valence-electron chi connectivity index (χ3n) is 4.28. The van der Waals surface area contributed by atoms with E-state index in [2.05, 4.69) is 9.97 Å². The van der Waals surface area contributed by atoms with Crippen molar-refractivity contribution in [3.05, 3.63) is 46.0 Å². The second kappa shape index (κ2) is 6.38. The zero-order valence-electron chi connectivity index (χ0n) is 14.5. The predicted molar refractivity (Wildman–Crippen MR) is 97.9 cm³/mol. The minimum absolute atomic E-state index is 0.0621. The van der Waals surface area contributed by atoms with Gasteiger partial charge >= 0.3 is 0 Å². The lowest BCUT2D eigenvalue weighted by molar-refractivity contribution is 0.0995. The first-order valence-electron chi connectivity index (χ1n) is 7.91. The van der Waals surface area contributed by atoms with Crippen LogP contribution in [0.1, 0.15) is 21.6 Å². The topological polar surface area (TPSA) is 77.4 Å². The number of carbonyl (C=O) groups excluding carboxylic acids is 1. The molecule has 1 aliphatic heterocycles. The van der Waals surface area contributed by atoms with Gasteiger partial charge in [-0.2, -0.15) is 0 Å². The third kappa shape index (κ3) is 2.59. The molecule has 0 bridgehead atoms. The Morgan fingerprint density at radius 1 is 1.19 bits per heavy atom. The fourth-order valence-electron chi connectivity index (χ4n) is 3.05. The Balaban J connectivity index is 1.76. The highest BCUT2D eigenvalue weighted by atomic mass is 32.1. The van der Waals surface area contributed by atoms with Crippen molar-refractivity contribution in [3.63, 3.8) is 0 Å². The fraction of sp³-hybridized carbons (Fsp3) is 0.222. The molecule has 0 fully saturated rings. The number of hydrogen-bond acceptors (Lipinski definition) is 7. The summed E-state index contributed by atoms with van der Waals surface area (Å²) in [5.41, 5.74) is 5.52. The summed E-state index contributed by atoms with van der Waals surface area (Å²) in [7, 11) is 3.11. The second-order valence-corrected chi connectivity index (χ2v) is 6.54. The fourth-order valence-corrected chi connectivity index (χ4v) is 3.59. The number of pyridine rings is 2. The van der Waals surface area contributed by atoms with Gasteiger partial charge in [-0.3, -0.25) is 14.7 Å². The van der Waals surface area contributed by atoms with Gasteiger partial charge in [-0.05, 0) is 24.6 Å². The van der Waals surface area contributed by atoms with Gasteiger partial charge in [-0.1, -0.05) is 0 Å². The van der Waals surface area contributed by atoms with E-state index in [-0.39, 0.29) is 5.91 Å². The Morgan fingerprint density at radius 2 is 2.04 bits per heavy atom. The van der Waals surface area contributed by atoms with Crippen LogP contribution in [0, 0.1) is 6.92 Å². The maximum Gasteiger partial charge on any atom is 0.262 e. The summed E-state index contributed by atoms with van der Waals surface area (Å²) in [5.74, 6) is 1.55. The molecule has 8 heteroatoms. The predicted octanol–water partition coefficient (Wildman–Crippen LogP) is 3.09. The van der Waals surface area contributed by atoms with Crippen LogP contribution in [0.2, 0.25) is 0 Å². The third-order valence-corrected chi connectivity index (χ3v) is 4.86. The van der Waals surface area contributed by atoms with Gasteiger partial charge in [0.1, 0.15) is 5.82 Å². The van der Waals surface area contributed by atoms with Crippen LogP contribution in [0.4, 0.5) is 5.82 Å². The van der Waals surface area contributed by atoms with E-state index in [1.807, 2.05) is 24.4 Å². The summed E-state index contributed by atoms with van der Waals surface area (Å²) in [6.07, 6.45) is 1.69. The molecule has 1 amide bonds. The molecule has 0 aromatic carbocycles. The van der Waals surface area contributed by atoms with Gasteiger partial charge in [0.05, 0.1) is 43.2 Å². The number of anilines is 1. The van der Waals surface area contributed by atoms with E-state index in [0.717, 1.165) is 22.5 Å². The molecule has 0 saturated heterocycles. The van der Waals surface area contributed by atoms with Crippen molar-refractivity contribution < 1.29 is 14.3 Å². The monoisotopic (exact) mass is 368 g/mol. The summed E-state index contributed by atoms with van der Waals surface area (Å²) >= 11 is 1.46. The average Bonchev–Trinajstić information content (AvgIpc) is 3.29. The van der Waals surface area contributed by atoms with E-state index in [4.69, 9.17) is 14.5 Å². The standard InChI is InChI=1S/C18H16N4O3S/c1-10-4-12(11-5-14(24-2)17(25-3)19-6-11)21-13-7-22(18(23)16(10)13)15-8-26-9-20-15/h4-6,8-9H,7H2,1-3H3. The van der Waals surface area contributed by atoms with E-state index in [1.54, 1.807) is 30.8 Å². The zero-order chi connectivity index (χ0) is 18.3. The summed E-state index contributed by atoms with van der Waals surface area (Å²) < 4.78 is 10.5. The zero-order valence-corrected chi connectivity index (χ0v) is 15.3. The normalized spacial score (nSPS) is 13.0. The summed E-state index contributed by atoms with van der Waals surface area (Å²) in [4.78, 5) is 27.6. The Morgan fingerprint density at radius 3 is 2.73 bits per heavy atom. The Bertz CT molecular complexity index is 988. The second-order valence-electron chi connectivity index (χ2n) is 5.82. The largest absolute Gasteiger partial charge is 0.491 e. The summed E-state index contributed by atoms with van der Waals surface area (Å²) in [6, 6.07) is 3.72. The molecule has 0 radical (unpaired) electrons. The quantitative estimate of drug-likeness (QED) is 0.704. The first kappa shape index (κ1) is 16.5. The Hall–Kier alpha value is -3.00. The highest BCUT2D eigenvalue weighted by Crippen LogP contribution is 2.33. The molecule has 0 aliphatic carbocycles. The number of aryl methyl sites for hydroxylation is 1. The van der Waals surface area contributed by atoms with E-state index < -0.39 is 0 Å². The van der Waals surface area contributed by atoms with Crippen molar-refractivity contribution in [3.8, 4) is 22.9 Å². The van der Waals surface area contributed by atoms with Crippen LogP contribution in [0.15, 0.2) is 29.2 Å². The SMILES string of the molecule is COc1cc(-c2cc(C)c3c(n2)CN(c2cscn2)C3=O)cnc1OC. The molecule has 0 saturated carbocycles. The molecular weight excluding hydrogens is 352 g/mol.